The molecular formula is C31H39N3O6S. The summed E-state index contributed by atoms with van der Waals surface area (Å²) < 4.78 is 39.4. The Balaban J connectivity index is 2.03. The topological polar surface area (TPSA) is 105 Å². The van der Waals surface area contributed by atoms with E-state index in [1.165, 1.54) is 24.1 Å². The Bertz CT molecular complexity index is 1420. The predicted octanol–water partition coefficient (Wildman–Crippen LogP) is 4.54. The fraction of sp³-hybridized carbons (Fsp3) is 0.355. The van der Waals surface area contributed by atoms with Crippen LogP contribution in [0.4, 0.5) is 5.69 Å². The van der Waals surface area contributed by atoms with E-state index in [-0.39, 0.29) is 23.4 Å². The first-order valence-electron chi connectivity index (χ1n) is 13.5. The molecule has 220 valence electrons. The summed E-state index contributed by atoms with van der Waals surface area (Å²) in [6, 6.07) is 19.1. The van der Waals surface area contributed by atoms with Crippen LogP contribution in [-0.4, -0.2) is 58.0 Å². The molecule has 0 unspecified atom stereocenters. The number of nitrogens with zero attached hydrogens (tertiary/aromatic N) is 2. The maximum Gasteiger partial charge on any atom is 0.264 e. The van der Waals surface area contributed by atoms with Gasteiger partial charge in [-0.15, -0.1) is 0 Å². The summed E-state index contributed by atoms with van der Waals surface area (Å²) in [5, 5.41) is 2.93. The van der Waals surface area contributed by atoms with Gasteiger partial charge in [-0.05, 0) is 81.3 Å². The monoisotopic (exact) mass is 581 g/mol. The van der Waals surface area contributed by atoms with Crippen LogP contribution in [0.15, 0.2) is 77.7 Å². The molecule has 0 aromatic heterocycles. The highest BCUT2D eigenvalue weighted by molar-refractivity contribution is 7.92. The fourth-order valence-electron chi connectivity index (χ4n) is 4.13. The molecule has 0 aliphatic rings. The maximum absolute atomic E-state index is 14.0. The summed E-state index contributed by atoms with van der Waals surface area (Å²) in [6.07, 6.45) is 0.726. The van der Waals surface area contributed by atoms with Gasteiger partial charge in [-0.3, -0.25) is 13.9 Å². The SMILES string of the molecule is CC[C@@H](C)NC(=O)[C@@H](C)N(Cc1cccc(OC)c1)C(=O)CN(c1ccc(C)cc1)S(=O)(=O)c1ccc(OC)cc1. The van der Waals surface area contributed by atoms with Crippen LogP contribution in [0.3, 0.4) is 0 Å². The van der Waals surface area contributed by atoms with Crippen molar-refractivity contribution in [2.75, 3.05) is 25.1 Å². The number of amides is 2. The second-order valence-electron chi connectivity index (χ2n) is 9.89. The van der Waals surface area contributed by atoms with Crippen molar-refractivity contribution in [2.24, 2.45) is 0 Å². The quantitative estimate of drug-likeness (QED) is 0.318. The highest BCUT2D eigenvalue weighted by Gasteiger charge is 2.33. The summed E-state index contributed by atoms with van der Waals surface area (Å²) in [5.41, 5.74) is 2.01. The Kier molecular flexibility index (Phi) is 10.8. The standard InChI is InChI=1S/C31H39N3O6S/c1-7-23(3)32-31(36)24(4)33(20-25-9-8-10-28(19-25)40-6)30(35)21-34(26-13-11-22(2)12-14-26)41(37,38)29-17-15-27(39-5)16-18-29/h8-19,23-24H,7,20-21H2,1-6H3,(H,32,36)/t23-,24-/m1/s1. The zero-order chi connectivity index (χ0) is 30.2. The minimum Gasteiger partial charge on any atom is -0.497 e. The van der Waals surface area contributed by atoms with Gasteiger partial charge in [0.1, 0.15) is 24.1 Å². The third kappa shape index (κ3) is 8.00. The van der Waals surface area contributed by atoms with E-state index in [1.54, 1.807) is 68.6 Å². The van der Waals surface area contributed by atoms with Gasteiger partial charge in [0.2, 0.25) is 11.8 Å². The minimum absolute atomic E-state index is 0.00795. The molecule has 2 amide bonds. The van der Waals surface area contributed by atoms with Gasteiger partial charge in [0.05, 0.1) is 24.8 Å². The van der Waals surface area contributed by atoms with E-state index >= 15 is 0 Å². The average molecular weight is 582 g/mol. The van der Waals surface area contributed by atoms with E-state index in [4.69, 9.17) is 9.47 Å². The number of aryl methyl sites for hydroxylation is 1. The number of carbonyl (C=O) groups excluding carboxylic acids is 2. The van der Waals surface area contributed by atoms with E-state index < -0.39 is 28.5 Å². The largest absolute Gasteiger partial charge is 0.497 e. The number of benzene rings is 3. The number of rotatable bonds is 13. The number of hydrogen-bond acceptors (Lipinski definition) is 6. The van der Waals surface area contributed by atoms with Crippen molar-refractivity contribution in [2.45, 2.75) is 57.6 Å². The molecule has 10 heteroatoms. The molecule has 41 heavy (non-hydrogen) atoms. The van der Waals surface area contributed by atoms with Crippen LogP contribution < -0.4 is 19.1 Å². The van der Waals surface area contributed by atoms with Gasteiger partial charge in [0.25, 0.3) is 10.0 Å². The molecule has 0 radical (unpaired) electrons. The van der Waals surface area contributed by atoms with Crippen molar-refractivity contribution >= 4 is 27.5 Å². The highest BCUT2D eigenvalue weighted by Crippen LogP contribution is 2.26. The zero-order valence-corrected chi connectivity index (χ0v) is 25.3. The summed E-state index contributed by atoms with van der Waals surface area (Å²) in [6.45, 7) is 6.95. The summed E-state index contributed by atoms with van der Waals surface area (Å²) in [5.74, 6) is 0.260. The van der Waals surface area contributed by atoms with Crippen LogP contribution in [0.1, 0.15) is 38.3 Å². The van der Waals surface area contributed by atoms with Gasteiger partial charge in [0.15, 0.2) is 0 Å². The second-order valence-corrected chi connectivity index (χ2v) is 11.8. The first kappa shape index (κ1) is 31.5. The number of methoxy groups -OCH3 is 2. The lowest BCUT2D eigenvalue weighted by Crippen LogP contribution is -2.52. The normalized spacial score (nSPS) is 12.6. The third-order valence-corrected chi connectivity index (χ3v) is 8.69. The van der Waals surface area contributed by atoms with Crippen LogP contribution in [0.2, 0.25) is 0 Å². The van der Waals surface area contributed by atoms with Crippen molar-refractivity contribution < 1.29 is 27.5 Å². The zero-order valence-electron chi connectivity index (χ0n) is 24.5. The number of hydrogen-bond donors (Lipinski definition) is 1. The lowest BCUT2D eigenvalue weighted by atomic mass is 10.1. The minimum atomic E-state index is -4.16. The molecule has 0 heterocycles. The summed E-state index contributed by atoms with van der Waals surface area (Å²) >= 11 is 0. The van der Waals surface area contributed by atoms with Gasteiger partial charge < -0.3 is 19.7 Å². The van der Waals surface area contributed by atoms with Crippen molar-refractivity contribution in [1.29, 1.82) is 0 Å². The molecule has 3 aromatic rings. The molecule has 9 nitrogen and oxygen atoms in total. The molecule has 2 atom stereocenters. The molecule has 0 aliphatic heterocycles. The Hall–Kier alpha value is -4.05. The lowest BCUT2D eigenvalue weighted by molar-refractivity contribution is -0.139. The Morgan fingerprint density at radius 3 is 2.12 bits per heavy atom. The van der Waals surface area contributed by atoms with E-state index in [0.29, 0.717) is 17.2 Å². The van der Waals surface area contributed by atoms with E-state index in [0.717, 1.165) is 21.9 Å². The van der Waals surface area contributed by atoms with Crippen LogP contribution >= 0.6 is 0 Å². The van der Waals surface area contributed by atoms with Gasteiger partial charge in [-0.1, -0.05) is 36.8 Å². The second kappa shape index (κ2) is 14.0. The summed E-state index contributed by atoms with van der Waals surface area (Å²) in [4.78, 5) is 28.6. The van der Waals surface area contributed by atoms with E-state index in [1.807, 2.05) is 26.8 Å². The molecule has 0 bridgehead atoms. The van der Waals surface area contributed by atoms with Crippen LogP contribution in [-0.2, 0) is 26.2 Å². The van der Waals surface area contributed by atoms with Crippen LogP contribution in [0.5, 0.6) is 11.5 Å². The predicted molar refractivity (Wildman–Crippen MR) is 160 cm³/mol. The van der Waals surface area contributed by atoms with Crippen LogP contribution in [0.25, 0.3) is 0 Å². The van der Waals surface area contributed by atoms with E-state index in [9.17, 15) is 18.0 Å². The number of carbonyl (C=O) groups is 2. The molecule has 0 spiro atoms. The number of nitrogens with one attached hydrogen (secondary N) is 1. The van der Waals surface area contributed by atoms with Gasteiger partial charge in [-0.25, -0.2) is 8.42 Å². The molecule has 1 N–H and O–H groups in total. The first-order chi connectivity index (χ1) is 19.5. The van der Waals surface area contributed by atoms with Crippen LogP contribution in [0, 0.1) is 6.92 Å². The van der Waals surface area contributed by atoms with Crippen molar-refractivity contribution in [3.8, 4) is 11.5 Å². The Morgan fingerprint density at radius 2 is 1.54 bits per heavy atom. The Labute approximate surface area is 243 Å². The van der Waals surface area contributed by atoms with Gasteiger partial charge in [-0.2, -0.15) is 0 Å². The highest BCUT2D eigenvalue weighted by atomic mass is 32.2. The van der Waals surface area contributed by atoms with Gasteiger partial charge >= 0.3 is 0 Å². The average Bonchev–Trinajstić information content (AvgIpc) is 2.98. The smallest absolute Gasteiger partial charge is 0.264 e. The van der Waals surface area contributed by atoms with Gasteiger partial charge in [0, 0.05) is 12.6 Å². The lowest BCUT2D eigenvalue weighted by Gasteiger charge is -2.32. The number of anilines is 1. The van der Waals surface area contributed by atoms with Crippen molar-refractivity contribution in [1.82, 2.24) is 10.2 Å². The molecule has 0 aliphatic carbocycles. The molecule has 0 saturated carbocycles. The molecule has 0 fully saturated rings. The van der Waals surface area contributed by atoms with E-state index in [2.05, 4.69) is 5.32 Å². The van der Waals surface area contributed by atoms with Crippen molar-refractivity contribution in [3.05, 3.63) is 83.9 Å². The molecule has 3 rings (SSSR count). The number of sulfonamides is 1. The fourth-order valence-corrected chi connectivity index (χ4v) is 5.54. The third-order valence-electron chi connectivity index (χ3n) is 6.90. The molecule has 0 saturated heterocycles. The Morgan fingerprint density at radius 1 is 0.902 bits per heavy atom. The maximum atomic E-state index is 14.0. The first-order valence-corrected chi connectivity index (χ1v) is 14.9. The molecule has 3 aromatic carbocycles. The van der Waals surface area contributed by atoms with Crippen molar-refractivity contribution in [3.63, 3.8) is 0 Å². The summed E-state index contributed by atoms with van der Waals surface area (Å²) in [7, 11) is -1.12. The number of ether oxygens (including phenoxy) is 2. The molecular weight excluding hydrogens is 542 g/mol.